The van der Waals surface area contributed by atoms with Gasteiger partial charge in [-0.2, -0.15) is 0 Å². The molecular formula is C15H13BrClFO2. The molecule has 0 spiro atoms. The molecule has 2 nitrogen and oxygen atoms in total. The predicted molar refractivity (Wildman–Crippen MR) is 81.0 cm³/mol. The van der Waals surface area contributed by atoms with E-state index in [1.165, 1.54) is 6.07 Å². The second-order valence-electron chi connectivity index (χ2n) is 4.11. The smallest absolute Gasteiger partial charge is 0.165 e. The van der Waals surface area contributed by atoms with Crippen LogP contribution < -0.4 is 9.47 Å². The third-order valence-electron chi connectivity index (χ3n) is 2.82. The number of ether oxygens (including phenoxy) is 2. The van der Waals surface area contributed by atoms with Gasteiger partial charge in [0.15, 0.2) is 11.6 Å². The summed E-state index contributed by atoms with van der Waals surface area (Å²) in [6.45, 7) is 0.225. The number of methoxy groups -OCH3 is 1. The molecule has 0 unspecified atom stereocenters. The van der Waals surface area contributed by atoms with Crippen LogP contribution in [0.4, 0.5) is 4.39 Å². The zero-order chi connectivity index (χ0) is 14.5. The highest BCUT2D eigenvalue weighted by Gasteiger charge is 2.10. The molecule has 0 atom stereocenters. The van der Waals surface area contributed by atoms with Crippen LogP contribution >= 0.6 is 27.5 Å². The first-order valence-corrected chi connectivity index (χ1v) is 7.27. The second-order valence-corrected chi connectivity index (χ2v) is 5.23. The first-order valence-electron chi connectivity index (χ1n) is 5.94. The highest BCUT2D eigenvalue weighted by Crippen LogP contribution is 2.28. The lowest BCUT2D eigenvalue weighted by Crippen LogP contribution is -2.01. The molecule has 0 heterocycles. The van der Waals surface area contributed by atoms with Gasteiger partial charge in [0.05, 0.1) is 13.0 Å². The lowest BCUT2D eigenvalue weighted by Gasteiger charge is -2.12. The summed E-state index contributed by atoms with van der Waals surface area (Å²) < 4.78 is 25.4. The van der Waals surface area contributed by atoms with E-state index in [2.05, 4.69) is 15.9 Å². The fourth-order valence-electron chi connectivity index (χ4n) is 1.76. The Hall–Kier alpha value is -1.26. The molecule has 0 radical (unpaired) electrons. The van der Waals surface area contributed by atoms with E-state index in [0.29, 0.717) is 5.56 Å². The summed E-state index contributed by atoms with van der Waals surface area (Å²) in [5.41, 5.74) is 1.50. The lowest BCUT2D eigenvalue weighted by molar-refractivity contribution is 0.286. The second kappa shape index (κ2) is 6.95. The number of halogens is 3. The molecule has 5 heteroatoms. The molecule has 0 aromatic heterocycles. The number of hydrogen-bond acceptors (Lipinski definition) is 2. The molecule has 0 aliphatic carbocycles. The van der Waals surface area contributed by atoms with Gasteiger partial charge >= 0.3 is 0 Å². The number of benzene rings is 2. The van der Waals surface area contributed by atoms with Crippen molar-refractivity contribution in [1.82, 2.24) is 0 Å². The quantitative estimate of drug-likeness (QED) is 0.706. The van der Waals surface area contributed by atoms with Crippen molar-refractivity contribution in [2.45, 2.75) is 12.5 Å². The zero-order valence-corrected chi connectivity index (χ0v) is 13.2. The number of hydrogen-bond donors (Lipinski definition) is 0. The van der Waals surface area contributed by atoms with Crippen LogP contribution in [0.15, 0.2) is 40.9 Å². The average molecular weight is 360 g/mol. The fourth-order valence-corrected chi connectivity index (χ4v) is 2.33. The Kier molecular flexibility index (Phi) is 5.26. The van der Waals surface area contributed by atoms with Crippen LogP contribution in [0.3, 0.4) is 0 Å². The van der Waals surface area contributed by atoms with Crippen molar-refractivity contribution < 1.29 is 13.9 Å². The first kappa shape index (κ1) is 15.1. The molecule has 2 aromatic rings. The lowest BCUT2D eigenvalue weighted by atomic mass is 10.2. The molecule has 0 saturated carbocycles. The van der Waals surface area contributed by atoms with Crippen LogP contribution in [0.1, 0.15) is 11.1 Å². The van der Waals surface area contributed by atoms with Crippen molar-refractivity contribution >= 4 is 27.5 Å². The molecule has 0 fully saturated rings. The van der Waals surface area contributed by atoms with Crippen molar-refractivity contribution in [3.05, 3.63) is 57.8 Å². The Morgan fingerprint density at radius 2 is 2.00 bits per heavy atom. The van der Waals surface area contributed by atoms with Crippen molar-refractivity contribution in [2.75, 3.05) is 7.11 Å². The molecule has 2 aromatic carbocycles. The van der Waals surface area contributed by atoms with E-state index in [9.17, 15) is 4.39 Å². The molecule has 0 aliphatic rings. The summed E-state index contributed by atoms with van der Waals surface area (Å²) >= 11 is 9.22. The Morgan fingerprint density at radius 3 is 2.70 bits per heavy atom. The van der Waals surface area contributed by atoms with Gasteiger partial charge in [-0.15, -0.1) is 11.6 Å². The van der Waals surface area contributed by atoms with E-state index >= 15 is 0 Å². The van der Waals surface area contributed by atoms with Crippen LogP contribution in [0.5, 0.6) is 11.5 Å². The Labute approximate surface area is 130 Å². The van der Waals surface area contributed by atoms with Gasteiger partial charge in [-0.05, 0) is 24.3 Å². The molecule has 0 amide bonds. The van der Waals surface area contributed by atoms with Crippen LogP contribution in [0, 0.1) is 5.82 Å². The molecule has 106 valence electrons. The Morgan fingerprint density at radius 1 is 1.20 bits per heavy atom. The van der Waals surface area contributed by atoms with Crippen molar-refractivity contribution in [2.24, 2.45) is 0 Å². The van der Waals surface area contributed by atoms with Gasteiger partial charge in [0.1, 0.15) is 12.4 Å². The number of rotatable bonds is 5. The van der Waals surface area contributed by atoms with Crippen LogP contribution in [0.25, 0.3) is 0 Å². The van der Waals surface area contributed by atoms with Gasteiger partial charge in [0.25, 0.3) is 0 Å². The standard InChI is InChI=1S/C15H13BrClFO2/c1-19-12-5-6-13(16)11(7-12)9-20-15-10(8-17)3-2-4-14(15)18/h2-7H,8-9H2,1H3. The molecule has 20 heavy (non-hydrogen) atoms. The van der Waals surface area contributed by atoms with Gasteiger partial charge in [-0.1, -0.05) is 28.1 Å². The normalized spacial score (nSPS) is 10.4. The highest BCUT2D eigenvalue weighted by atomic mass is 79.9. The van der Waals surface area contributed by atoms with Crippen LogP contribution in [0.2, 0.25) is 0 Å². The summed E-state index contributed by atoms with van der Waals surface area (Å²) in [7, 11) is 1.59. The molecule has 0 aliphatic heterocycles. The maximum absolute atomic E-state index is 13.8. The Balaban J connectivity index is 2.21. The van der Waals surface area contributed by atoms with Crippen LogP contribution in [-0.2, 0) is 12.5 Å². The summed E-state index contributed by atoms with van der Waals surface area (Å²) in [5.74, 6) is 0.698. The fraction of sp³-hybridized carbons (Fsp3) is 0.200. The van der Waals surface area contributed by atoms with E-state index in [4.69, 9.17) is 21.1 Å². The largest absolute Gasteiger partial charge is 0.497 e. The summed E-state index contributed by atoms with van der Waals surface area (Å²) in [6, 6.07) is 10.2. The molecular weight excluding hydrogens is 347 g/mol. The first-order chi connectivity index (χ1) is 9.65. The van der Waals surface area contributed by atoms with E-state index in [1.54, 1.807) is 19.2 Å². The summed E-state index contributed by atoms with van der Waals surface area (Å²) in [6.07, 6.45) is 0. The minimum Gasteiger partial charge on any atom is -0.497 e. The molecule has 0 N–H and O–H groups in total. The average Bonchev–Trinajstić information content (AvgIpc) is 2.47. The van der Waals surface area contributed by atoms with Crippen molar-refractivity contribution in [1.29, 1.82) is 0 Å². The minimum atomic E-state index is -0.415. The SMILES string of the molecule is COc1ccc(Br)c(COc2c(F)cccc2CCl)c1. The molecule has 2 rings (SSSR count). The van der Waals surface area contributed by atoms with E-state index < -0.39 is 5.82 Å². The van der Waals surface area contributed by atoms with E-state index in [1.807, 2.05) is 18.2 Å². The predicted octanol–water partition coefficient (Wildman–Crippen LogP) is 4.91. The van der Waals surface area contributed by atoms with Gasteiger partial charge < -0.3 is 9.47 Å². The van der Waals surface area contributed by atoms with Gasteiger partial charge in [0, 0.05) is 15.6 Å². The van der Waals surface area contributed by atoms with Gasteiger partial charge in [0.2, 0.25) is 0 Å². The highest BCUT2D eigenvalue weighted by molar-refractivity contribution is 9.10. The molecule has 0 saturated heterocycles. The van der Waals surface area contributed by atoms with E-state index in [0.717, 1.165) is 15.8 Å². The van der Waals surface area contributed by atoms with Crippen LogP contribution in [-0.4, -0.2) is 7.11 Å². The third kappa shape index (κ3) is 3.44. The Bertz CT molecular complexity index is 604. The summed E-state index contributed by atoms with van der Waals surface area (Å²) in [5, 5.41) is 0. The van der Waals surface area contributed by atoms with Gasteiger partial charge in [-0.25, -0.2) is 4.39 Å². The van der Waals surface area contributed by atoms with Gasteiger partial charge in [-0.3, -0.25) is 0 Å². The third-order valence-corrected chi connectivity index (χ3v) is 3.88. The zero-order valence-electron chi connectivity index (χ0n) is 10.8. The topological polar surface area (TPSA) is 18.5 Å². The maximum Gasteiger partial charge on any atom is 0.165 e. The van der Waals surface area contributed by atoms with Crippen molar-refractivity contribution in [3.8, 4) is 11.5 Å². The van der Waals surface area contributed by atoms with Crippen molar-refractivity contribution in [3.63, 3.8) is 0 Å². The molecule has 0 bridgehead atoms. The number of para-hydroxylation sites is 1. The minimum absolute atomic E-state index is 0.192. The summed E-state index contributed by atoms with van der Waals surface area (Å²) in [4.78, 5) is 0. The number of alkyl halides is 1. The monoisotopic (exact) mass is 358 g/mol. The van der Waals surface area contributed by atoms with E-state index in [-0.39, 0.29) is 18.2 Å². The maximum atomic E-state index is 13.8.